The van der Waals surface area contributed by atoms with E-state index in [2.05, 4.69) is 20.4 Å². The Morgan fingerprint density at radius 1 is 1.21 bits per heavy atom. The van der Waals surface area contributed by atoms with Gasteiger partial charge in [0.2, 0.25) is 0 Å². The molecule has 0 aliphatic rings. The summed E-state index contributed by atoms with van der Waals surface area (Å²) >= 11 is 0. The van der Waals surface area contributed by atoms with Gasteiger partial charge in [-0.15, -0.1) is 0 Å². The molecule has 1 N–H and O–H groups in total. The van der Waals surface area contributed by atoms with Crippen molar-refractivity contribution in [2.45, 2.75) is 19.8 Å². The van der Waals surface area contributed by atoms with Crippen LogP contribution in [0.1, 0.15) is 30.0 Å². The van der Waals surface area contributed by atoms with Crippen LogP contribution in [0.15, 0.2) is 49.1 Å². The second-order valence-corrected chi connectivity index (χ2v) is 6.90. The summed E-state index contributed by atoms with van der Waals surface area (Å²) in [5.74, 6) is -2.83. The van der Waals surface area contributed by atoms with E-state index in [0.717, 1.165) is 18.1 Å². The van der Waals surface area contributed by atoms with E-state index in [1.807, 2.05) is 19.1 Å². The number of anilines is 1. The molecule has 0 fully saturated rings. The van der Waals surface area contributed by atoms with Gasteiger partial charge in [-0.3, -0.25) is 13.9 Å². The minimum Gasteiger partial charge on any atom is -0.320 e. The molecular formula is C20H20F2N6O. The van der Waals surface area contributed by atoms with Crippen molar-refractivity contribution in [3.05, 3.63) is 65.9 Å². The van der Waals surface area contributed by atoms with Crippen molar-refractivity contribution in [2.24, 2.45) is 7.05 Å². The van der Waals surface area contributed by atoms with Crippen molar-refractivity contribution >= 4 is 17.2 Å². The zero-order valence-corrected chi connectivity index (χ0v) is 16.0. The largest absolute Gasteiger partial charge is 0.320 e. The zero-order chi connectivity index (χ0) is 20.8. The molecule has 4 rings (SSSR count). The average Bonchev–Trinajstić information content (AvgIpc) is 3.28. The van der Waals surface area contributed by atoms with Gasteiger partial charge in [0, 0.05) is 38.4 Å². The number of amides is 1. The number of alkyl halides is 2. The average molecular weight is 398 g/mol. The lowest BCUT2D eigenvalue weighted by Gasteiger charge is -2.11. The van der Waals surface area contributed by atoms with Crippen molar-refractivity contribution in [1.29, 1.82) is 0 Å². The summed E-state index contributed by atoms with van der Waals surface area (Å²) < 4.78 is 30.1. The molecule has 0 bridgehead atoms. The summed E-state index contributed by atoms with van der Waals surface area (Å²) in [6.07, 6.45) is 4.38. The maximum atomic E-state index is 13.5. The first kappa shape index (κ1) is 18.7. The molecule has 0 saturated carbocycles. The second-order valence-electron chi connectivity index (χ2n) is 6.90. The van der Waals surface area contributed by atoms with Crippen LogP contribution in [0.4, 0.5) is 14.5 Å². The predicted molar refractivity (Wildman–Crippen MR) is 106 cm³/mol. The monoisotopic (exact) mass is 398 g/mol. The van der Waals surface area contributed by atoms with E-state index in [1.165, 1.54) is 28.9 Å². The number of carbonyl (C=O) groups excluding carboxylic acids is 1. The number of hydrogen-bond acceptors (Lipinski definition) is 4. The van der Waals surface area contributed by atoms with Crippen molar-refractivity contribution in [2.75, 3.05) is 5.32 Å². The molecule has 7 nitrogen and oxygen atoms in total. The first-order valence-corrected chi connectivity index (χ1v) is 8.86. The third-order valence-electron chi connectivity index (χ3n) is 4.60. The van der Waals surface area contributed by atoms with Crippen molar-refractivity contribution < 1.29 is 15.0 Å². The molecule has 29 heavy (non-hydrogen) atoms. The van der Waals surface area contributed by atoms with Gasteiger partial charge in [-0.05, 0) is 30.7 Å². The SMILES string of the molecule is Cc1ccc(-c2ncn(C)n2)cc1NC(=O)c1cnc2cc(C(C)(F)F)ccn12.[HH]. The minimum absolute atomic E-state index is 0. The van der Waals surface area contributed by atoms with Crippen LogP contribution in [0.2, 0.25) is 0 Å². The van der Waals surface area contributed by atoms with Crippen molar-refractivity contribution in [3.8, 4) is 11.4 Å². The molecule has 0 atom stereocenters. The quantitative estimate of drug-likeness (QED) is 0.563. The molecule has 0 radical (unpaired) electrons. The molecular weight excluding hydrogens is 378 g/mol. The number of aryl methyl sites for hydroxylation is 2. The van der Waals surface area contributed by atoms with E-state index in [9.17, 15) is 13.6 Å². The highest BCUT2D eigenvalue weighted by atomic mass is 19.3. The highest BCUT2D eigenvalue weighted by molar-refractivity contribution is 6.04. The fourth-order valence-corrected chi connectivity index (χ4v) is 2.98. The molecule has 1 aromatic carbocycles. The van der Waals surface area contributed by atoms with Gasteiger partial charge in [0.15, 0.2) is 5.82 Å². The Bertz CT molecular complexity index is 1230. The highest BCUT2D eigenvalue weighted by Gasteiger charge is 2.25. The Kier molecular flexibility index (Phi) is 4.37. The number of hydrogen-bond donors (Lipinski definition) is 1. The van der Waals surface area contributed by atoms with Gasteiger partial charge >= 0.3 is 0 Å². The van der Waals surface area contributed by atoms with Gasteiger partial charge in [-0.25, -0.2) is 18.7 Å². The summed E-state index contributed by atoms with van der Waals surface area (Å²) in [4.78, 5) is 21.1. The lowest BCUT2D eigenvalue weighted by molar-refractivity contribution is 0.0175. The van der Waals surface area contributed by atoms with Crippen LogP contribution in [0.5, 0.6) is 0 Å². The van der Waals surface area contributed by atoms with Crippen LogP contribution in [0.25, 0.3) is 17.0 Å². The van der Waals surface area contributed by atoms with Crippen LogP contribution in [0.3, 0.4) is 0 Å². The fraction of sp³-hybridized carbons (Fsp3) is 0.200. The fourth-order valence-electron chi connectivity index (χ4n) is 2.98. The summed E-state index contributed by atoms with van der Waals surface area (Å²) in [6.45, 7) is 2.69. The van der Waals surface area contributed by atoms with Crippen molar-refractivity contribution in [3.63, 3.8) is 0 Å². The van der Waals surface area contributed by atoms with Crippen molar-refractivity contribution in [1.82, 2.24) is 24.1 Å². The Morgan fingerprint density at radius 3 is 2.69 bits per heavy atom. The molecule has 150 valence electrons. The topological polar surface area (TPSA) is 77.1 Å². The third-order valence-corrected chi connectivity index (χ3v) is 4.60. The Hall–Kier alpha value is -3.62. The number of nitrogens with one attached hydrogen (secondary N) is 1. The summed E-state index contributed by atoms with van der Waals surface area (Å²) in [5.41, 5.74) is 2.59. The Balaban J connectivity index is 0.00000256. The lowest BCUT2D eigenvalue weighted by Crippen LogP contribution is -2.15. The Morgan fingerprint density at radius 2 is 2.00 bits per heavy atom. The highest BCUT2D eigenvalue weighted by Crippen LogP contribution is 2.28. The molecule has 4 aromatic rings. The number of benzene rings is 1. The number of nitrogens with zero attached hydrogens (tertiary/aromatic N) is 5. The van der Waals surface area contributed by atoms with E-state index in [1.54, 1.807) is 24.1 Å². The lowest BCUT2D eigenvalue weighted by atomic mass is 10.1. The first-order valence-electron chi connectivity index (χ1n) is 8.86. The number of fused-ring (bicyclic) bond motifs is 1. The molecule has 0 aliphatic carbocycles. The molecule has 3 aromatic heterocycles. The van der Waals surface area contributed by atoms with Crippen LogP contribution in [-0.2, 0) is 13.0 Å². The van der Waals surface area contributed by atoms with Gasteiger partial charge in [0.25, 0.3) is 11.8 Å². The maximum absolute atomic E-state index is 13.5. The number of rotatable bonds is 4. The summed E-state index contributed by atoms with van der Waals surface area (Å²) in [5, 5.41) is 7.12. The number of halogens is 2. The molecule has 0 unspecified atom stereocenters. The second kappa shape index (κ2) is 6.77. The number of pyridine rings is 1. The molecule has 0 spiro atoms. The smallest absolute Gasteiger partial charge is 0.274 e. The first-order chi connectivity index (χ1) is 13.7. The van der Waals surface area contributed by atoms with Crippen LogP contribution < -0.4 is 5.32 Å². The van der Waals surface area contributed by atoms with E-state index < -0.39 is 11.8 Å². The predicted octanol–water partition coefficient (Wildman–Crippen LogP) is 4.05. The normalized spacial score (nSPS) is 11.8. The molecule has 1 amide bonds. The van der Waals surface area contributed by atoms with Crippen LogP contribution in [-0.4, -0.2) is 30.1 Å². The minimum atomic E-state index is -2.98. The molecule has 3 heterocycles. The van der Waals surface area contributed by atoms with E-state index in [4.69, 9.17) is 0 Å². The summed E-state index contributed by atoms with van der Waals surface area (Å²) in [7, 11) is 1.78. The van der Waals surface area contributed by atoms with Gasteiger partial charge < -0.3 is 5.32 Å². The number of aromatic nitrogens is 5. The zero-order valence-electron chi connectivity index (χ0n) is 16.0. The standard InChI is InChI=1S/C20H18F2N6O.H2/c1-12-4-5-13(18-24-11-27(3)26-18)8-15(12)25-19(29)16-10-23-17-9-14(20(2,21)22)6-7-28(16)17;/h4-11H,1-3H3,(H,25,29);1H. The van der Waals surface area contributed by atoms with E-state index in [0.29, 0.717) is 11.5 Å². The number of imidazole rings is 1. The van der Waals surface area contributed by atoms with E-state index >= 15 is 0 Å². The van der Waals surface area contributed by atoms with Gasteiger partial charge in [0.05, 0.1) is 6.20 Å². The molecule has 9 heteroatoms. The van der Waals surface area contributed by atoms with E-state index in [-0.39, 0.29) is 18.3 Å². The summed E-state index contributed by atoms with van der Waals surface area (Å²) in [6, 6.07) is 8.09. The third kappa shape index (κ3) is 3.58. The van der Waals surface area contributed by atoms with Crippen LogP contribution in [0, 0.1) is 6.92 Å². The molecule has 0 saturated heterocycles. The maximum Gasteiger partial charge on any atom is 0.274 e. The number of carbonyl (C=O) groups is 1. The van der Waals surface area contributed by atoms with Gasteiger partial charge in [-0.2, -0.15) is 5.10 Å². The van der Waals surface area contributed by atoms with Gasteiger partial charge in [0.1, 0.15) is 17.7 Å². The van der Waals surface area contributed by atoms with Gasteiger partial charge in [-0.1, -0.05) is 12.1 Å². The van der Waals surface area contributed by atoms with Crippen LogP contribution >= 0.6 is 0 Å². The molecule has 0 aliphatic heterocycles. The Labute approximate surface area is 166 Å².